The summed E-state index contributed by atoms with van der Waals surface area (Å²) in [5.74, 6) is 0.0146. The molecule has 1 heterocycles. The maximum atomic E-state index is 12.1. The molecule has 1 N–H and O–H groups in total. The molecule has 1 fully saturated rings. The van der Waals surface area contributed by atoms with E-state index in [0.29, 0.717) is 18.5 Å². The standard InChI is InChI=1S/C16H20N2O3/c1-16(2,3)21-15(20)18-10-13(8-14(18)19)12-6-4-5-11(7-12)9-17/h4-7,13-14,19H,8,10H2,1-3H3. The summed E-state index contributed by atoms with van der Waals surface area (Å²) in [6, 6.07) is 9.37. The normalized spacial score (nSPS) is 22.0. The number of hydrogen-bond donors (Lipinski definition) is 1. The summed E-state index contributed by atoms with van der Waals surface area (Å²) in [6.07, 6.45) is -0.904. The molecule has 0 spiro atoms. The predicted molar refractivity (Wildman–Crippen MR) is 77.5 cm³/mol. The third kappa shape index (κ3) is 3.73. The van der Waals surface area contributed by atoms with Gasteiger partial charge in [0.25, 0.3) is 0 Å². The lowest BCUT2D eigenvalue weighted by Crippen LogP contribution is -2.39. The van der Waals surface area contributed by atoms with Gasteiger partial charge >= 0.3 is 6.09 Å². The number of aliphatic hydroxyl groups is 1. The third-order valence-corrected chi connectivity index (χ3v) is 3.39. The van der Waals surface area contributed by atoms with Gasteiger partial charge in [0, 0.05) is 18.9 Å². The number of carbonyl (C=O) groups excluding carboxylic acids is 1. The second kappa shape index (κ2) is 5.74. The Morgan fingerprint density at radius 2 is 2.19 bits per heavy atom. The largest absolute Gasteiger partial charge is 0.444 e. The number of ether oxygens (including phenoxy) is 1. The van der Waals surface area contributed by atoms with Gasteiger partial charge in [-0.3, -0.25) is 4.90 Å². The second-order valence-electron chi connectivity index (χ2n) is 6.28. The molecule has 5 heteroatoms. The van der Waals surface area contributed by atoms with Crippen LogP contribution in [0, 0.1) is 11.3 Å². The smallest absolute Gasteiger partial charge is 0.412 e. The van der Waals surface area contributed by atoms with Crippen LogP contribution in [-0.2, 0) is 4.74 Å². The highest BCUT2D eigenvalue weighted by Gasteiger charge is 2.37. The fourth-order valence-corrected chi connectivity index (χ4v) is 2.44. The molecule has 1 aliphatic rings. The fourth-order valence-electron chi connectivity index (χ4n) is 2.44. The number of benzene rings is 1. The van der Waals surface area contributed by atoms with Crippen molar-refractivity contribution in [3.63, 3.8) is 0 Å². The quantitative estimate of drug-likeness (QED) is 0.862. The predicted octanol–water partition coefficient (Wildman–Crippen LogP) is 2.60. The van der Waals surface area contributed by atoms with Crippen molar-refractivity contribution in [2.45, 2.75) is 44.9 Å². The van der Waals surface area contributed by atoms with Crippen LogP contribution < -0.4 is 0 Å². The van der Waals surface area contributed by atoms with Crippen molar-refractivity contribution < 1.29 is 14.6 Å². The van der Waals surface area contributed by atoms with Crippen LogP contribution in [0.5, 0.6) is 0 Å². The van der Waals surface area contributed by atoms with Gasteiger partial charge in [-0.2, -0.15) is 5.26 Å². The highest BCUT2D eigenvalue weighted by atomic mass is 16.6. The number of likely N-dealkylation sites (tertiary alicyclic amines) is 1. The average Bonchev–Trinajstić information content (AvgIpc) is 2.79. The van der Waals surface area contributed by atoms with E-state index in [1.54, 1.807) is 32.9 Å². The maximum absolute atomic E-state index is 12.1. The van der Waals surface area contributed by atoms with Gasteiger partial charge in [0.05, 0.1) is 11.6 Å². The van der Waals surface area contributed by atoms with Crippen molar-refractivity contribution in [3.8, 4) is 6.07 Å². The van der Waals surface area contributed by atoms with E-state index in [0.717, 1.165) is 5.56 Å². The first kappa shape index (κ1) is 15.3. The van der Waals surface area contributed by atoms with Gasteiger partial charge in [-0.1, -0.05) is 12.1 Å². The molecule has 21 heavy (non-hydrogen) atoms. The minimum Gasteiger partial charge on any atom is -0.444 e. The summed E-state index contributed by atoms with van der Waals surface area (Å²) >= 11 is 0. The molecule has 1 aromatic carbocycles. The van der Waals surface area contributed by atoms with Gasteiger partial charge in [0.2, 0.25) is 0 Å². The first-order valence-electron chi connectivity index (χ1n) is 6.98. The number of carbonyl (C=O) groups is 1. The van der Waals surface area contributed by atoms with Crippen molar-refractivity contribution in [1.29, 1.82) is 5.26 Å². The van der Waals surface area contributed by atoms with E-state index in [4.69, 9.17) is 10.00 Å². The van der Waals surface area contributed by atoms with Crippen molar-refractivity contribution in [2.24, 2.45) is 0 Å². The van der Waals surface area contributed by atoms with E-state index >= 15 is 0 Å². The molecule has 112 valence electrons. The molecule has 1 aliphatic heterocycles. The van der Waals surface area contributed by atoms with E-state index in [1.165, 1.54) is 4.90 Å². The minimum absolute atomic E-state index is 0.0146. The Morgan fingerprint density at radius 1 is 1.48 bits per heavy atom. The van der Waals surface area contributed by atoms with Crippen molar-refractivity contribution in [3.05, 3.63) is 35.4 Å². The Balaban J connectivity index is 2.10. The molecule has 1 saturated heterocycles. The number of rotatable bonds is 1. The van der Waals surface area contributed by atoms with Crippen LogP contribution in [-0.4, -0.2) is 34.5 Å². The van der Waals surface area contributed by atoms with Gasteiger partial charge in [-0.05, 0) is 38.5 Å². The number of nitriles is 1. The monoisotopic (exact) mass is 288 g/mol. The summed E-state index contributed by atoms with van der Waals surface area (Å²) in [7, 11) is 0. The van der Waals surface area contributed by atoms with E-state index in [-0.39, 0.29) is 5.92 Å². The lowest BCUT2D eigenvalue weighted by Gasteiger charge is -2.26. The fraction of sp³-hybridized carbons (Fsp3) is 0.500. The van der Waals surface area contributed by atoms with Gasteiger partial charge in [0.15, 0.2) is 0 Å². The molecule has 0 bridgehead atoms. The molecule has 0 saturated carbocycles. The molecule has 0 aliphatic carbocycles. The lowest BCUT2D eigenvalue weighted by atomic mass is 9.96. The van der Waals surface area contributed by atoms with Gasteiger partial charge in [-0.25, -0.2) is 4.79 Å². The maximum Gasteiger partial charge on any atom is 0.412 e. The van der Waals surface area contributed by atoms with Gasteiger partial charge < -0.3 is 9.84 Å². The average molecular weight is 288 g/mol. The Labute approximate surface area is 124 Å². The van der Waals surface area contributed by atoms with Crippen LogP contribution in [0.4, 0.5) is 4.79 Å². The topological polar surface area (TPSA) is 73.6 Å². The number of nitrogens with zero attached hydrogens (tertiary/aromatic N) is 2. The lowest BCUT2D eigenvalue weighted by molar-refractivity contribution is -0.0128. The Kier molecular flexibility index (Phi) is 4.19. The third-order valence-electron chi connectivity index (χ3n) is 3.39. The summed E-state index contributed by atoms with van der Waals surface area (Å²) in [4.78, 5) is 13.4. The van der Waals surface area contributed by atoms with Gasteiger partial charge in [-0.15, -0.1) is 0 Å². The molecule has 2 rings (SSSR count). The van der Waals surface area contributed by atoms with E-state index in [9.17, 15) is 9.90 Å². The SMILES string of the molecule is CC(C)(C)OC(=O)N1CC(c2cccc(C#N)c2)CC1O. The molecular formula is C16H20N2O3. The molecule has 1 amide bonds. The number of amides is 1. The van der Waals surface area contributed by atoms with Gasteiger partial charge in [0.1, 0.15) is 11.8 Å². The van der Waals surface area contributed by atoms with E-state index < -0.39 is 17.9 Å². The van der Waals surface area contributed by atoms with Crippen LogP contribution in [0.2, 0.25) is 0 Å². The zero-order valence-electron chi connectivity index (χ0n) is 12.5. The second-order valence-corrected chi connectivity index (χ2v) is 6.28. The van der Waals surface area contributed by atoms with E-state index in [1.807, 2.05) is 12.1 Å². The molecule has 2 unspecified atom stereocenters. The summed E-state index contributed by atoms with van der Waals surface area (Å²) in [6.45, 7) is 5.77. The molecular weight excluding hydrogens is 268 g/mol. The minimum atomic E-state index is -0.851. The molecule has 0 aromatic heterocycles. The first-order valence-corrected chi connectivity index (χ1v) is 6.98. The first-order chi connectivity index (χ1) is 9.80. The number of aliphatic hydroxyl groups excluding tert-OH is 1. The highest BCUT2D eigenvalue weighted by molar-refractivity contribution is 5.69. The van der Waals surface area contributed by atoms with Crippen molar-refractivity contribution in [1.82, 2.24) is 4.90 Å². The van der Waals surface area contributed by atoms with Crippen LogP contribution in [0.3, 0.4) is 0 Å². The summed E-state index contributed by atoms with van der Waals surface area (Å²) in [5, 5.41) is 19.0. The summed E-state index contributed by atoms with van der Waals surface area (Å²) < 4.78 is 5.30. The molecule has 5 nitrogen and oxygen atoms in total. The van der Waals surface area contributed by atoms with Crippen LogP contribution >= 0.6 is 0 Å². The molecule has 1 aromatic rings. The molecule has 2 atom stereocenters. The van der Waals surface area contributed by atoms with Crippen molar-refractivity contribution >= 4 is 6.09 Å². The Bertz CT molecular complexity index is 572. The van der Waals surface area contributed by atoms with Crippen LogP contribution in [0.25, 0.3) is 0 Å². The Hall–Kier alpha value is -2.06. The zero-order valence-corrected chi connectivity index (χ0v) is 12.5. The molecule has 0 radical (unpaired) electrons. The van der Waals surface area contributed by atoms with E-state index in [2.05, 4.69) is 6.07 Å². The highest BCUT2D eigenvalue weighted by Crippen LogP contribution is 2.32. The van der Waals surface area contributed by atoms with Crippen molar-refractivity contribution in [2.75, 3.05) is 6.54 Å². The van der Waals surface area contributed by atoms with Crippen LogP contribution in [0.15, 0.2) is 24.3 Å². The van der Waals surface area contributed by atoms with Crippen LogP contribution in [0.1, 0.15) is 44.2 Å². The zero-order chi connectivity index (χ0) is 15.6. The Morgan fingerprint density at radius 3 is 2.81 bits per heavy atom. The summed E-state index contributed by atoms with van der Waals surface area (Å²) in [5.41, 5.74) is 0.951. The number of hydrogen-bond acceptors (Lipinski definition) is 4.